The van der Waals surface area contributed by atoms with E-state index in [0.717, 1.165) is 0 Å². The minimum Gasteiger partial charge on any atom is -0.302 e. The third-order valence-corrected chi connectivity index (χ3v) is 7.70. The molecule has 142 valence electrons. The van der Waals surface area contributed by atoms with Gasteiger partial charge in [0.1, 0.15) is 0 Å². The minimum atomic E-state index is 0.374. The number of hydrogen-bond acceptors (Lipinski definition) is 2. The summed E-state index contributed by atoms with van der Waals surface area (Å²) < 4.78 is 0. The van der Waals surface area contributed by atoms with Crippen molar-refractivity contribution in [3.63, 3.8) is 0 Å². The Balaban J connectivity index is 1.62. The third-order valence-electron chi connectivity index (χ3n) is 7.70. The van der Waals surface area contributed by atoms with Gasteiger partial charge in [0.2, 0.25) is 0 Å². The average Bonchev–Trinajstić information content (AvgIpc) is 3.19. The molecule has 0 spiro atoms. The van der Waals surface area contributed by atoms with Gasteiger partial charge >= 0.3 is 0 Å². The second-order valence-electron chi connectivity index (χ2n) is 9.08. The highest BCUT2D eigenvalue weighted by Gasteiger charge is 2.53. The van der Waals surface area contributed by atoms with E-state index in [1.165, 1.54) is 51.7 Å². The number of likely N-dealkylation sites (tertiary alicyclic amines) is 1. The molecule has 4 fully saturated rings. The van der Waals surface area contributed by atoms with Crippen LogP contribution in [0.2, 0.25) is 0 Å². The molecule has 3 heterocycles. The first-order valence-electron chi connectivity index (χ1n) is 10.8. The minimum absolute atomic E-state index is 0.374. The maximum atomic E-state index is 2.88. The first kappa shape index (κ1) is 17.5. The molecule has 3 aliphatic heterocycles. The quantitative estimate of drug-likeness (QED) is 0.769. The lowest BCUT2D eigenvalue weighted by atomic mass is 9.63. The molecule has 2 nitrogen and oxygen atoms in total. The van der Waals surface area contributed by atoms with Gasteiger partial charge in [-0.15, -0.1) is 0 Å². The second-order valence-corrected chi connectivity index (χ2v) is 9.08. The molecular weight excluding hydrogens is 328 g/mol. The van der Waals surface area contributed by atoms with Crippen LogP contribution >= 0.6 is 0 Å². The first-order chi connectivity index (χ1) is 13.3. The molecule has 0 amide bonds. The van der Waals surface area contributed by atoms with Crippen molar-refractivity contribution in [2.45, 2.75) is 55.5 Å². The molecule has 2 heteroatoms. The van der Waals surface area contributed by atoms with Crippen LogP contribution in [0.15, 0.2) is 60.7 Å². The van der Waals surface area contributed by atoms with E-state index in [0.29, 0.717) is 23.4 Å². The van der Waals surface area contributed by atoms with E-state index in [-0.39, 0.29) is 0 Å². The van der Waals surface area contributed by atoms with Gasteiger partial charge < -0.3 is 4.90 Å². The number of rotatable bonds is 3. The summed E-state index contributed by atoms with van der Waals surface area (Å²) in [5.74, 6) is 1.25. The van der Waals surface area contributed by atoms with Crippen molar-refractivity contribution in [1.82, 2.24) is 9.80 Å². The van der Waals surface area contributed by atoms with Crippen LogP contribution in [0.5, 0.6) is 0 Å². The Morgan fingerprint density at radius 1 is 0.741 bits per heavy atom. The van der Waals surface area contributed by atoms with E-state index in [9.17, 15) is 0 Å². The zero-order valence-electron chi connectivity index (χ0n) is 16.6. The molecule has 2 aromatic rings. The van der Waals surface area contributed by atoms with Crippen molar-refractivity contribution >= 4 is 0 Å². The van der Waals surface area contributed by atoms with Crippen LogP contribution < -0.4 is 0 Å². The maximum absolute atomic E-state index is 2.88. The molecule has 4 aliphatic rings. The van der Waals surface area contributed by atoms with Gasteiger partial charge in [-0.05, 0) is 69.9 Å². The van der Waals surface area contributed by atoms with Gasteiger partial charge in [-0.2, -0.15) is 0 Å². The van der Waals surface area contributed by atoms with Crippen LogP contribution in [-0.2, 0) is 0 Å². The molecule has 0 N–H and O–H groups in total. The summed E-state index contributed by atoms with van der Waals surface area (Å²) in [6, 6.07) is 23.3. The van der Waals surface area contributed by atoms with Gasteiger partial charge in [0, 0.05) is 23.4 Å². The van der Waals surface area contributed by atoms with Gasteiger partial charge in [-0.1, -0.05) is 60.7 Å². The molecule has 1 saturated carbocycles. The lowest BCUT2D eigenvalue weighted by Gasteiger charge is -2.51. The molecule has 2 bridgehead atoms. The van der Waals surface area contributed by atoms with Crippen molar-refractivity contribution in [2.24, 2.45) is 0 Å². The Bertz CT molecular complexity index is 701. The predicted molar refractivity (Wildman–Crippen MR) is 112 cm³/mol. The highest BCUT2D eigenvalue weighted by Crippen LogP contribution is 2.54. The van der Waals surface area contributed by atoms with Crippen molar-refractivity contribution in [3.8, 4) is 0 Å². The van der Waals surface area contributed by atoms with E-state index in [1.807, 2.05) is 0 Å². The number of hydrogen-bond donors (Lipinski definition) is 0. The topological polar surface area (TPSA) is 6.48 Å². The monoisotopic (exact) mass is 360 g/mol. The molecule has 2 atom stereocenters. The summed E-state index contributed by atoms with van der Waals surface area (Å²) in [5.41, 5.74) is 3.46. The van der Waals surface area contributed by atoms with E-state index < -0.39 is 0 Å². The molecule has 27 heavy (non-hydrogen) atoms. The molecule has 1 aliphatic carbocycles. The fourth-order valence-corrected chi connectivity index (χ4v) is 6.41. The van der Waals surface area contributed by atoms with Gasteiger partial charge in [0.25, 0.3) is 0 Å². The molecule has 6 rings (SSSR count). The Kier molecular flexibility index (Phi) is 4.57. The smallest absolute Gasteiger partial charge is 0.0234 e. The van der Waals surface area contributed by atoms with Crippen LogP contribution in [0.1, 0.15) is 55.1 Å². The van der Waals surface area contributed by atoms with Gasteiger partial charge in [-0.3, -0.25) is 4.90 Å². The first-order valence-corrected chi connectivity index (χ1v) is 10.8. The van der Waals surface area contributed by atoms with Crippen LogP contribution in [0.3, 0.4) is 0 Å². The van der Waals surface area contributed by atoms with E-state index in [4.69, 9.17) is 0 Å². The SMILES string of the molecule is CN1CCC2(N3CCCC3)C[C@@H](c3ccccc3)C1[C@H](c1ccccc1)C2. The Labute approximate surface area is 164 Å². The van der Waals surface area contributed by atoms with E-state index in [2.05, 4.69) is 77.5 Å². The van der Waals surface area contributed by atoms with Crippen molar-refractivity contribution in [3.05, 3.63) is 71.8 Å². The molecule has 2 aromatic carbocycles. The van der Waals surface area contributed by atoms with E-state index >= 15 is 0 Å². The van der Waals surface area contributed by atoms with Gasteiger partial charge in [-0.25, -0.2) is 0 Å². The molecule has 3 saturated heterocycles. The second kappa shape index (κ2) is 7.07. The number of fused-ring (bicyclic) bond motifs is 4. The average molecular weight is 361 g/mol. The van der Waals surface area contributed by atoms with Crippen LogP contribution in [-0.4, -0.2) is 48.1 Å². The number of nitrogens with zero attached hydrogens (tertiary/aromatic N) is 2. The highest BCUT2D eigenvalue weighted by molar-refractivity contribution is 5.32. The summed E-state index contributed by atoms with van der Waals surface area (Å²) in [7, 11) is 2.38. The van der Waals surface area contributed by atoms with Gasteiger partial charge in [0.05, 0.1) is 0 Å². The summed E-state index contributed by atoms with van der Waals surface area (Å²) in [6.07, 6.45) is 6.75. The largest absolute Gasteiger partial charge is 0.302 e. The predicted octanol–water partition coefficient (Wildman–Crippen LogP) is 4.89. The van der Waals surface area contributed by atoms with Crippen molar-refractivity contribution in [2.75, 3.05) is 26.7 Å². The molecule has 0 radical (unpaired) electrons. The fraction of sp³-hybridized carbons (Fsp3) is 0.520. The van der Waals surface area contributed by atoms with Crippen LogP contribution in [0, 0.1) is 0 Å². The zero-order valence-corrected chi connectivity index (χ0v) is 16.6. The van der Waals surface area contributed by atoms with Crippen molar-refractivity contribution < 1.29 is 0 Å². The highest BCUT2D eigenvalue weighted by atomic mass is 15.3. The summed E-state index contributed by atoms with van der Waals surface area (Å²) >= 11 is 0. The van der Waals surface area contributed by atoms with Crippen LogP contribution in [0.25, 0.3) is 0 Å². The molecule has 0 unspecified atom stereocenters. The Hall–Kier alpha value is -1.64. The molecular formula is C25H32N2. The standard InChI is InChI=1S/C25H32N2/c1-26-17-14-25(27-15-8-9-16-27)18-22(20-10-4-2-5-11-20)24(26)23(19-25)21-12-6-3-7-13-21/h2-7,10-13,22-24H,8-9,14-19H2,1H3/t22-,23-,24?,25?/m0/s1. The Morgan fingerprint density at radius 2 is 1.26 bits per heavy atom. The number of likely N-dealkylation sites (N-methyl/N-ethyl adjacent to an activating group) is 1. The summed E-state index contributed by atoms with van der Waals surface area (Å²) in [6.45, 7) is 3.84. The third kappa shape index (κ3) is 3.03. The summed E-state index contributed by atoms with van der Waals surface area (Å²) in [4.78, 5) is 5.58. The van der Waals surface area contributed by atoms with E-state index in [1.54, 1.807) is 11.1 Å². The molecule has 0 aromatic heterocycles. The fourth-order valence-electron chi connectivity index (χ4n) is 6.41. The number of benzene rings is 2. The normalized spacial score (nSPS) is 34.6. The Morgan fingerprint density at radius 3 is 1.78 bits per heavy atom. The zero-order chi connectivity index (χ0) is 18.3. The maximum Gasteiger partial charge on any atom is 0.0234 e. The van der Waals surface area contributed by atoms with Gasteiger partial charge in [0.15, 0.2) is 0 Å². The lowest BCUT2D eigenvalue weighted by Crippen LogP contribution is -2.53. The summed E-state index contributed by atoms with van der Waals surface area (Å²) in [5, 5.41) is 0. The lowest BCUT2D eigenvalue weighted by molar-refractivity contribution is 0.0492. The van der Waals surface area contributed by atoms with Crippen LogP contribution in [0.4, 0.5) is 0 Å². The van der Waals surface area contributed by atoms with Crippen molar-refractivity contribution in [1.29, 1.82) is 0 Å².